The second-order valence-corrected chi connectivity index (χ2v) is 9.73. The molecule has 0 unspecified atom stereocenters. The van der Waals surface area contributed by atoms with Gasteiger partial charge in [-0.3, -0.25) is 0 Å². The van der Waals surface area contributed by atoms with Gasteiger partial charge in [-0.1, -0.05) is 163 Å². The lowest BCUT2D eigenvalue weighted by molar-refractivity contribution is 0.0529. The van der Waals surface area contributed by atoms with Gasteiger partial charge in [-0.25, -0.2) is 4.79 Å². The zero-order valence-corrected chi connectivity index (χ0v) is 22.1. The monoisotopic (exact) mass is 470 g/mol. The van der Waals surface area contributed by atoms with Gasteiger partial charge >= 0.3 is 6.16 Å². The highest BCUT2D eigenvalue weighted by Crippen LogP contribution is 2.13. The van der Waals surface area contributed by atoms with Gasteiger partial charge in [0.1, 0.15) is 0 Å². The van der Waals surface area contributed by atoms with Gasteiger partial charge in [0.05, 0.1) is 13.2 Å². The topological polar surface area (TPSA) is 35.5 Å². The highest BCUT2D eigenvalue weighted by molar-refractivity contribution is 5.59. The molecule has 0 spiro atoms. The Labute approximate surface area is 209 Å². The average Bonchev–Trinajstić information content (AvgIpc) is 2.80. The van der Waals surface area contributed by atoms with Crippen molar-refractivity contribution in [1.82, 2.24) is 0 Å². The minimum Gasteiger partial charge on any atom is -0.434 e. The molecule has 0 fully saturated rings. The molecule has 3 heteroatoms. The SMILES string of the molecule is C.CCCCCCCCCCCCCCOC(=O)OCCCCCCCCCCCCCC. The molecule has 200 valence electrons. The first-order valence-corrected chi connectivity index (χ1v) is 14.6. The first kappa shape index (κ1) is 34.4. The van der Waals surface area contributed by atoms with Crippen molar-refractivity contribution in [2.24, 2.45) is 0 Å². The summed E-state index contributed by atoms with van der Waals surface area (Å²) < 4.78 is 10.4. The van der Waals surface area contributed by atoms with Crippen molar-refractivity contribution in [2.45, 2.75) is 175 Å². The molecule has 0 aliphatic rings. The third-order valence-electron chi connectivity index (χ3n) is 6.44. The molecule has 33 heavy (non-hydrogen) atoms. The molecule has 0 aliphatic carbocycles. The van der Waals surface area contributed by atoms with E-state index in [0.717, 1.165) is 25.7 Å². The van der Waals surface area contributed by atoms with Crippen molar-refractivity contribution in [3.05, 3.63) is 0 Å². The van der Waals surface area contributed by atoms with Crippen LogP contribution in [0.25, 0.3) is 0 Å². The molecule has 0 aromatic carbocycles. The van der Waals surface area contributed by atoms with E-state index in [1.165, 1.54) is 128 Å². The Hall–Kier alpha value is -0.730. The molecule has 0 radical (unpaired) electrons. The number of rotatable bonds is 26. The molecule has 0 aromatic heterocycles. The van der Waals surface area contributed by atoms with E-state index in [4.69, 9.17) is 9.47 Å². The minimum absolute atomic E-state index is 0. The fourth-order valence-electron chi connectivity index (χ4n) is 4.24. The van der Waals surface area contributed by atoms with Gasteiger partial charge in [0.25, 0.3) is 0 Å². The molecule has 0 bridgehead atoms. The predicted molar refractivity (Wildman–Crippen MR) is 146 cm³/mol. The Morgan fingerprint density at radius 2 is 0.606 bits per heavy atom. The van der Waals surface area contributed by atoms with Crippen LogP contribution in [0.1, 0.15) is 175 Å². The van der Waals surface area contributed by atoms with E-state index in [2.05, 4.69) is 13.8 Å². The van der Waals surface area contributed by atoms with E-state index in [1.54, 1.807) is 0 Å². The minimum atomic E-state index is -0.476. The zero-order valence-electron chi connectivity index (χ0n) is 22.1. The van der Waals surface area contributed by atoms with E-state index in [-0.39, 0.29) is 7.43 Å². The largest absolute Gasteiger partial charge is 0.508 e. The number of hydrogen-bond acceptors (Lipinski definition) is 3. The molecule has 0 rings (SSSR count). The van der Waals surface area contributed by atoms with Gasteiger partial charge in [0.2, 0.25) is 0 Å². The molecule has 0 saturated carbocycles. The molecular formula is C30H62O3. The summed E-state index contributed by atoms with van der Waals surface area (Å²) >= 11 is 0. The normalized spacial score (nSPS) is 10.7. The van der Waals surface area contributed by atoms with Crippen LogP contribution < -0.4 is 0 Å². The van der Waals surface area contributed by atoms with Gasteiger partial charge < -0.3 is 9.47 Å². The first-order chi connectivity index (χ1) is 15.8. The second-order valence-electron chi connectivity index (χ2n) is 9.73. The van der Waals surface area contributed by atoms with E-state index in [1.807, 2.05) is 0 Å². The number of ether oxygens (including phenoxy) is 2. The Morgan fingerprint density at radius 3 is 0.848 bits per heavy atom. The van der Waals surface area contributed by atoms with Crippen molar-refractivity contribution in [3.63, 3.8) is 0 Å². The van der Waals surface area contributed by atoms with Crippen LogP contribution in [0.2, 0.25) is 0 Å². The van der Waals surface area contributed by atoms with Gasteiger partial charge in [0, 0.05) is 0 Å². The van der Waals surface area contributed by atoms with Crippen LogP contribution in [-0.2, 0) is 9.47 Å². The van der Waals surface area contributed by atoms with Gasteiger partial charge in [-0.05, 0) is 12.8 Å². The molecule has 0 aliphatic heterocycles. The molecule has 0 saturated heterocycles. The number of carbonyl (C=O) groups is 1. The molecule has 0 atom stereocenters. The van der Waals surface area contributed by atoms with Crippen LogP contribution in [0.5, 0.6) is 0 Å². The number of carbonyl (C=O) groups excluding carboxylic acids is 1. The quantitative estimate of drug-likeness (QED) is 0.0931. The Bertz CT molecular complexity index is 324. The zero-order chi connectivity index (χ0) is 23.4. The lowest BCUT2D eigenvalue weighted by Crippen LogP contribution is -2.09. The maximum Gasteiger partial charge on any atom is 0.508 e. The summed E-state index contributed by atoms with van der Waals surface area (Å²) in [5.74, 6) is 0. The molecule has 0 aromatic rings. The van der Waals surface area contributed by atoms with Crippen LogP contribution >= 0.6 is 0 Å². The molecular weight excluding hydrogens is 408 g/mol. The second kappa shape index (κ2) is 31.3. The van der Waals surface area contributed by atoms with Crippen molar-refractivity contribution >= 4 is 6.16 Å². The standard InChI is InChI=1S/C29H58O3.CH4/c1-3-5-7-9-11-13-15-17-19-21-23-25-27-31-29(30)32-28-26-24-22-20-18-16-14-12-10-8-6-4-2;/h3-28H2,1-2H3;1H4. The third-order valence-corrected chi connectivity index (χ3v) is 6.44. The summed E-state index contributed by atoms with van der Waals surface area (Å²) in [6, 6.07) is 0. The van der Waals surface area contributed by atoms with Gasteiger partial charge in [-0.15, -0.1) is 0 Å². The molecule has 3 nitrogen and oxygen atoms in total. The summed E-state index contributed by atoms with van der Waals surface area (Å²) in [5, 5.41) is 0. The van der Waals surface area contributed by atoms with Crippen molar-refractivity contribution < 1.29 is 14.3 Å². The number of unbranched alkanes of at least 4 members (excludes halogenated alkanes) is 22. The van der Waals surface area contributed by atoms with E-state index < -0.39 is 6.16 Å². The predicted octanol–water partition coefficient (Wildman–Crippen LogP) is 11.2. The van der Waals surface area contributed by atoms with E-state index in [0.29, 0.717) is 13.2 Å². The van der Waals surface area contributed by atoms with Crippen molar-refractivity contribution in [2.75, 3.05) is 13.2 Å². The van der Waals surface area contributed by atoms with Crippen LogP contribution in [0.3, 0.4) is 0 Å². The summed E-state index contributed by atoms with van der Waals surface area (Å²) in [7, 11) is 0. The highest BCUT2D eigenvalue weighted by atomic mass is 16.7. The number of hydrogen-bond donors (Lipinski definition) is 0. The fraction of sp³-hybridized carbons (Fsp3) is 0.967. The maximum atomic E-state index is 11.6. The Morgan fingerprint density at radius 1 is 0.394 bits per heavy atom. The van der Waals surface area contributed by atoms with Crippen LogP contribution in [0.15, 0.2) is 0 Å². The third kappa shape index (κ3) is 31.3. The summed E-state index contributed by atoms with van der Waals surface area (Å²) in [5.41, 5.74) is 0. The average molecular weight is 471 g/mol. The van der Waals surface area contributed by atoms with Gasteiger partial charge in [-0.2, -0.15) is 0 Å². The fourth-order valence-corrected chi connectivity index (χ4v) is 4.24. The van der Waals surface area contributed by atoms with E-state index >= 15 is 0 Å². The maximum absolute atomic E-state index is 11.6. The lowest BCUT2D eigenvalue weighted by Gasteiger charge is -2.07. The molecule has 0 N–H and O–H groups in total. The summed E-state index contributed by atoms with van der Waals surface area (Å²) in [6.45, 7) is 5.56. The van der Waals surface area contributed by atoms with Crippen molar-refractivity contribution in [3.8, 4) is 0 Å². The first-order valence-electron chi connectivity index (χ1n) is 14.6. The highest BCUT2D eigenvalue weighted by Gasteiger charge is 2.03. The summed E-state index contributed by atoms with van der Waals surface area (Å²) in [6.07, 6.45) is 31.1. The smallest absolute Gasteiger partial charge is 0.434 e. The summed E-state index contributed by atoms with van der Waals surface area (Å²) in [4.78, 5) is 11.6. The Balaban J connectivity index is 0. The van der Waals surface area contributed by atoms with Crippen LogP contribution in [-0.4, -0.2) is 19.4 Å². The molecule has 0 amide bonds. The van der Waals surface area contributed by atoms with Crippen LogP contribution in [0.4, 0.5) is 4.79 Å². The van der Waals surface area contributed by atoms with Gasteiger partial charge in [0.15, 0.2) is 0 Å². The Kier molecular flexibility index (Phi) is 32.6. The molecule has 0 heterocycles. The van der Waals surface area contributed by atoms with Crippen molar-refractivity contribution in [1.29, 1.82) is 0 Å². The lowest BCUT2D eigenvalue weighted by atomic mass is 10.1. The van der Waals surface area contributed by atoms with Crippen LogP contribution in [0, 0.1) is 0 Å². The van der Waals surface area contributed by atoms with E-state index in [9.17, 15) is 4.79 Å².